The van der Waals surface area contributed by atoms with Crippen LogP contribution >= 0.6 is 11.6 Å². The number of hydrogen-bond acceptors (Lipinski definition) is 7. The van der Waals surface area contributed by atoms with Crippen LogP contribution in [0, 0.1) is 10.1 Å². The van der Waals surface area contributed by atoms with Crippen molar-refractivity contribution in [1.29, 1.82) is 0 Å². The number of likely N-dealkylation sites (tertiary alicyclic amines) is 1. The zero-order chi connectivity index (χ0) is 20.3. The Hall–Kier alpha value is -2.94. The number of piperidine rings is 1. The zero-order valence-corrected chi connectivity index (χ0v) is 16.3. The minimum absolute atomic E-state index is 0.00106. The largest absolute Gasteiger partial charge is 0.471 e. The Kier molecular flexibility index (Phi) is 5.93. The van der Waals surface area contributed by atoms with Gasteiger partial charge in [0.05, 0.1) is 11.5 Å². The lowest BCUT2D eigenvalue weighted by molar-refractivity contribution is -0.384. The number of nitro groups is 1. The van der Waals surface area contributed by atoms with Gasteiger partial charge in [0.1, 0.15) is 11.1 Å². The van der Waals surface area contributed by atoms with E-state index < -0.39 is 4.92 Å². The Morgan fingerprint density at radius 2 is 2.11 bits per heavy atom. The minimum atomic E-state index is -0.600. The van der Waals surface area contributed by atoms with Crippen molar-refractivity contribution in [1.82, 2.24) is 15.1 Å². The molecule has 0 spiro atoms. The SMILES string of the molecule is CN(C)c1ccc(OC2CCCN(C(=O)c3ccc(Cl)c([N+](=O)[O-])c3)C2)nn1. The molecule has 0 aliphatic carbocycles. The Balaban J connectivity index is 1.68. The summed E-state index contributed by atoms with van der Waals surface area (Å²) < 4.78 is 5.87. The molecule has 9 nitrogen and oxygen atoms in total. The summed E-state index contributed by atoms with van der Waals surface area (Å²) in [6.07, 6.45) is 1.32. The maximum Gasteiger partial charge on any atom is 0.288 e. The molecule has 0 N–H and O–H groups in total. The van der Waals surface area contributed by atoms with E-state index in [1.807, 2.05) is 19.0 Å². The number of anilines is 1. The number of carbonyl (C=O) groups excluding carboxylic acids is 1. The van der Waals surface area contributed by atoms with Crippen LogP contribution in [0.4, 0.5) is 11.5 Å². The topological polar surface area (TPSA) is 102 Å². The summed E-state index contributed by atoms with van der Waals surface area (Å²) in [5, 5.41) is 19.2. The Morgan fingerprint density at radius 1 is 1.32 bits per heavy atom. The summed E-state index contributed by atoms with van der Waals surface area (Å²) in [7, 11) is 3.74. The fourth-order valence-electron chi connectivity index (χ4n) is 2.97. The second-order valence-electron chi connectivity index (χ2n) is 6.68. The smallest absolute Gasteiger partial charge is 0.288 e. The summed E-state index contributed by atoms with van der Waals surface area (Å²) in [6.45, 7) is 0.923. The van der Waals surface area contributed by atoms with Crippen molar-refractivity contribution >= 4 is 29.0 Å². The van der Waals surface area contributed by atoms with E-state index >= 15 is 0 Å². The number of rotatable bonds is 5. The highest BCUT2D eigenvalue weighted by Crippen LogP contribution is 2.26. The molecule has 2 aromatic rings. The van der Waals surface area contributed by atoms with Crippen molar-refractivity contribution in [2.75, 3.05) is 32.1 Å². The van der Waals surface area contributed by atoms with Crippen LogP contribution in [0.3, 0.4) is 0 Å². The summed E-state index contributed by atoms with van der Waals surface area (Å²) >= 11 is 5.82. The van der Waals surface area contributed by atoms with Crippen molar-refractivity contribution in [2.45, 2.75) is 18.9 Å². The highest BCUT2D eigenvalue weighted by atomic mass is 35.5. The van der Waals surface area contributed by atoms with Crippen molar-refractivity contribution in [3.05, 3.63) is 51.0 Å². The van der Waals surface area contributed by atoms with E-state index in [9.17, 15) is 14.9 Å². The summed E-state index contributed by atoms with van der Waals surface area (Å²) in [6, 6.07) is 7.62. The average molecular weight is 406 g/mol. The maximum atomic E-state index is 12.8. The predicted octanol–water partition coefficient (Wildman–Crippen LogP) is 2.79. The van der Waals surface area contributed by atoms with Crippen molar-refractivity contribution < 1.29 is 14.5 Å². The van der Waals surface area contributed by atoms with Gasteiger partial charge >= 0.3 is 0 Å². The van der Waals surface area contributed by atoms with Crippen LogP contribution in [0.2, 0.25) is 5.02 Å². The first-order chi connectivity index (χ1) is 13.3. The van der Waals surface area contributed by atoms with Crippen LogP contribution < -0.4 is 9.64 Å². The van der Waals surface area contributed by atoms with Crippen LogP contribution in [-0.2, 0) is 0 Å². The minimum Gasteiger partial charge on any atom is -0.471 e. The Morgan fingerprint density at radius 3 is 2.75 bits per heavy atom. The Bertz CT molecular complexity index is 875. The molecule has 1 aliphatic rings. The van der Waals surface area contributed by atoms with E-state index in [1.54, 1.807) is 17.0 Å². The van der Waals surface area contributed by atoms with E-state index in [-0.39, 0.29) is 28.3 Å². The molecule has 1 aromatic heterocycles. The van der Waals surface area contributed by atoms with Gasteiger partial charge in [-0.3, -0.25) is 14.9 Å². The van der Waals surface area contributed by atoms with Gasteiger partial charge in [0.2, 0.25) is 5.88 Å². The lowest BCUT2D eigenvalue weighted by Gasteiger charge is -2.32. The van der Waals surface area contributed by atoms with Gasteiger partial charge in [-0.1, -0.05) is 11.6 Å². The Labute approximate surface area is 167 Å². The number of benzene rings is 1. The average Bonchev–Trinajstić information content (AvgIpc) is 2.68. The molecular formula is C18H20ClN5O4. The molecule has 1 atom stereocenters. The first-order valence-corrected chi connectivity index (χ1v) is 9.14. The number of hydrogen-bond donors (Lipinski definition) is 0. The number of aromatic nitrogens is 2. The summed E-state index contributed by atoms with van der Waals surface area (Å²) in [5.74, 6) is 0.825. The fraction of sp³-hybridized carbons (Fsp3) is 0.389. The number of carbonyl (C=O) groups is 1. The molecule has 0 bridgehead atoms. The molecule has 1 amide bonds. The number of amides is 1. The lowest BCUT2D eigenvalue weighted by atomic mass is 10.1. The first-order valence-electron chi connectivity index (χ1n) is 8.76. The van der Waals surface area contributed by atoms with Crippen LogP contribution in [-0.4, -0.2) is 59.2 Å². The molecule has 28 heavy (non-hydrogen) atoms. The molecule has 0 radical (unpaired) electrons. The van der Waals surface area contributed by atoms with Crippen LogP contribution in [0.25, 0.3) is 0 Å². The molecule has 1 unspecified atom stereocenters. The predicted molar refractivity (Wildman–Crippen MR) is 104 cm³/mol. The fourth-order valence-corrected chi connectivity index (χ4v) is 3.16. The van der Waals surface area contributed by atoms with Crippen molar-refractivity contribution in [3.63, 3.8) is 0 Å². The van der Waals surface area contributed by atoms with Gasteiger partial charge in [-0.05, 0) is 31.0 Å². The van der Waals surface area contributed by atoms with Crippen molar-refractivity contribution in [3.8, 4) is 5.88 Å². The summed E-state index contributed by atoms with van der Waals surface area (Å²) in [4.78, 5) is 26.7. The van der Waals surface area contributed by atoms with Gasteiger partial charge in [0.15, 0.2) is 5.82 Å². The molecule has 3 rings (SSSR count). The van der Waals surface area contributed by atoms with E-state index in [2.05, 4.69) is 10.2 Å². The standard InChI is InChI=1S/C18H20ClN5O4/c1-22(2)16-7-8-17(21-20-16)28-13-4-3-9-23(11-13)18(25)12-5-6-14(19)15(10-12)24(26)27/h5-8,10,13H,3-4,9,11H2,1-2H3. The molecule has 10 heteroatoms. The zero-order valence-electron chi connectivity index (χ0n) is 15.5. The molecule has 1 aromatic carbocycles. The second-order valence-corrected chi connectivity index (χ2v) is 7.09. The third kappa shape index (κ3) is 4.48. The van der Waals surface area contributed by atoms with Crippen LogP contribution in [0.1, 0.15) is 23.2 Å². The number of halogens is 1. The van der Waals surface area contributed by atoms with Gasteiger partial charge in [-0.2, -0.15) is 0 Å². The second kappa shape index (κ2) is 8.39. The van der Waals surface area contributed by atoms with E-state index in [0.29, 0.717) is 19.0 Å². The highest BCUT2D eigenvalue weighted by molar-refractivity contribution is 6.32. The summed E-state index contributed by atoms with van der Waals surface area (Å²) in [5.41, 5.74) is -0.0551. The highest BCUT2D eigenvalue weighted by Gasteiger charge is 2.27. The quantitative estimate of drug-likeness (QED) is 0.556. The third-order valence-electron chi connectivity index (χ3n) is 4.43. The number of nitro benzene ring substituents is 1. The molecular weight excluding hydrogens is 386 g/mol. The molecule has 1 aliphatic heterocycles. The van der Waals surface area contributed by atoms with E-state index in [4.69, 9.17) is 16.3 Å². The van der Waals surface area contributed by atoms with E-state index in [0.717, 1.165) is 18.7 Å². The van der Waals surface area contributed by atoms with E-state index in [1.165, 1.54) is 18.2 Å². The molecule has 0 saturated carbocycles. The molecule has 1 fully saturated rings. The van der Waals surface area contributed by atoms with Gasteiger partial charge in [0.25, 0.3) is 11.6 Å². The molecule has 1 saturated heterocycles. The van der Waals surface area contributed by atoms with Crippen LogP contribution in [0.15, 0.2) is 30.3 Å². The monoisotopic (exact) mass is 405 g/mol. The van der Waals surface area contributed by atoms with Gasteiger partial charge in [0, 0.05) is 38.3 Å². The van der Waals surface area contributed by atoms with Crippen molar-refractivity contribution in [2.24, 2.45) is 0 Å². The van der Waals surface area contributed by atoms with Crippen LogP contribution in [0.5, 0.6) is 5.88 Å². The number of nitrogens with zero attached hydrogens (tertiary/aromatic N) is 5. The normalized spacial score (nSPS) is 16.5. The third-order valence-corrected chi connectivity index (χ3v) is 4.75. The number of ether oxygens (including phenoxy) is 1. The lowest BCUT2D eigenvalue weighted by Crippen LogP contribution is -2.44. The first kappa shape index (κ1) is 19.8. The molecule has 148 valence electrons. The van der Waals surface area contributed by atoms with Gasteiger partial charge in [-0.25, -0.2) is 0 Å². The van der Waals surface area contributed by atoms with Gasteiger partial charge < -0.3 is 14.5 Å². The van der Waals surface area contributed by atoms with Gasteiger partial charge in [-0.15, -0.1) is 10.2 Å². The molecule has 2 heterocycles. The maximum absolute atomic E-state index is 12.8.